The fourth-order valence-corrected chi connectivity index (χ4v) is 3.76. The van der Waals surface area contributed by atoms with Crippen LogP contribution in [0.4, 0.5) is 0 Å². The van der Waals surface area contributed by atoms with E-state index in [1.165, 1.54) is 70.6 Å². The smallest absolute Gasteiger partial charge is 0.305 e. The highest BCUT2D eigenvalue weighted by Gasteiger charge is 2.19. The van der Waals surface area contributed by atoms with Crippen LogP contribution in [0.25, 0.3) is 0 Å². The molecule has 0 radical (unpaired) electrons. The van der Waals surface area contributed by atoms with Gasteiger partial charge in [0.05, 0.1) is 33.9 Å². The molecule has 0 fully saturated rings. The third-order valence-corrected chi connectivity index (χ3v) is 5.89. The van der Waals surface area contributed by atoms with Crippen LogP contribution >= 0.6 is 0 Å². The summed E-state index contributed by atoms with van der Waals surface area (Å²) in [5, 5.41) is 18.5. The number of unbranched alkanes of at least 4 members (excludes halogenated alkanes) is 11. The van der Waals surface area contributed by atoms with E-state index in [1.54, 1.807) is 0 Å². The molecule has 0 saturated heterocycles. The van der Waals surface area contributed by atoms with Crippen molar-refractivity contribution in [3.05, 3.63) is 12.2 Å². The monoisotopic (exact) mass is 472 g/mol. The van der Waals surface area contributed by atoms with Gasteiger partial charge in [-0.3, -0.25) is 4.79 Å². The number of esters is 1. The van der Waals surface area contributed by atoms with Gasteiger partial charge < -0.3 is 24.2 Å². The molecule has 1 atom stereocenters. The average Bonchev–Trinajstić information content (AvgIpc) is 2.78. The number of quaternary nitrogens is 1. The Balaban J connectivity index is 3.39. The van der Waals surface area contributed by atoms with Gasteiger partial charge in [-0.2, -0.15) is 0 Å². The molecule has 1 unspecified atom stereocenters. The molecule has 0 aliphatic heterocycles. The summed E-state index contributed by atoms with van der Waals surface area (Å²) in [5.74, 6) is -0.140. The summed E-state index contributed by atoms with van der Waals surface area (Å²) in [6, 6.07) is 0. The van der Waals surface area contributed by atoms with E-state index in [-0.39, 0.29) is 19.2 Å². The number of allylic oxidation sites excluding steroid dienone is 2. The lowest BCUT2D eigenvalue weighted by Crippen LogP contribution is -2.48. The number of rotatable bonds is 24. The van der Waals surface area contributed by atoms with Crippen molar-refractivity contribution in [2.24, 2.45) is 0 Å². The van der Waals surface area contributed by atoms with Gasteiger partial charge in [0, 0.05) is 6.42 Å². The van der Waals surface area contributed by atoms with Crippen molar-refractivity contribution in [1.82, 2.24) is 0 Å². The number of carbonyl (C=O) groups excluding carboxylic acids is 1. The molecule has 0 spiro atoms. The van der Waals surface area contributed by atoms with Crippen LogP contribution in [-0.2, 0) is 14.3 Å². The summed E-state index contributed by atoms with van der Waals surface area (Å²) in [4.78, 5) is 11.8. The highest BCUT2D eigenvalue weighted by molar-refractivity contribution is 5.69. The minimum Gasteiger partial charge on any atom is -0.463 e. The van der Waals surface area contributed by atoms with Gasteiger partial charge >= 0.3 is 5.97 Å². The molecule has 0 saturated carbocycles. The van der Waals surface area contributed by atoms with Crippen LogP contribution in [0, 0.1) is 0 Å². The molecule has 196 valence electrons. The Labute approximate surface area is 203 Å². The summed E-state index contributed by atoms with van der Waals surface area (Å²) < 4.78 is 11.3. The van der Waals surface area contributed by atoms with Crippen LogP contribution in [0.2, 0.25) is 0 Å². The Hall–Kier alpha value is -0.950. The molecule has 6 nitrogen and oxygen atoms in total. The second kappa shape index (κ2) is 22.8. The van der Waals surface area contributed by atoms with Gasteiger partial charge in [0.15, 0.2) is 0 Å². The summed E-state index contributed by atoms with van der Waals surface area (Å²) in [7, 11) is 3.96. The molecule has 33 heavy (non-hydrogen) atoms. The van der Waals surface area contributed by atoms with Crippen molar-refractivity contribution in [2.75, 3.05) is 53.6 Å². The lowest BCUT2D eigenvalue weighted by atomic mass is 10.1. The maximum atomic E-state index is 11.8. The second-order valence-corrected chi connectivity index (χ2v) is 9.85. The van der Waals surface area contributed by atoms with E-state index in [9.17, 15) is 9.90 Å². The molecule has 0 aromatic carbocycles. The SMILES string of the molecule is CCCCCCCCC=CCCCCCCCC(=O)OCCOCC[N+](C)(C)CC(O)CO. The van der Waals surface area contributed by atoms with E-state index in [0.717, 1.165) is 19.4 Å². The number of carbonyl (C=O) groups is 1. The predicted octanol–water partition coefficient (Wildman–Crippen LogP) is 5.01. The van der Waals surface area contributed by atoms with E-state index in [4.69, 9.17) is 14.6 Å². The molecular formula is C27H54NO5+. The normalized spacial score (nSPS) is 13.0. The molecule has 0 amide bonds. The largest absolute Gasteiger partial charge is 0.463 e. The van der Waals surface area contributed by atoms with Gasteiger partial charge in [-0.1, -0.05) is 70.4 Å². The van der Waals surface area contributed by atoms with Crippen LogP contribution in [0.5, 0.6) is 0 Å². The quantitative estimate of drug-likeness (QED) is 0.0893. The molecule has 0 aromatic rings. The first-order valence-electron chi connectivity index (χ1n) is 13.4. The average molecular weight is 473 g/mol. The van der Waals surface area contributed by atoms with E-state index in [0.29, 0.717) is 30.7 Å². The number of aliphatic hydroxyl groups excluding tert-OH is 2. The van der Waals surface area contributed by atoms with Gasteiger partial charge in [0.1, 0.15) is 25.8 Å². The Morgan fingerprint density at radius 2 is 1.42 bits per heavy atom. The van der Waals surface area contributed by atoms with E-state index >= 15 is 0 Å². The molecule has 0 rings (SSSR count). The number of ether oxygens (including phenoxy) is 2. The minimum atomic E-state index is -0.711. The zero-order valence-electron chi connectivity index (χ0n) is 21.9. The molecule has 2 N–H and O–H groups in total. The van der Waals surface area contributed by atoms with Crippen LogP contribution in [0.1, 0.15) is 96.8 Å². The minimum absolute atomic E-state index is 0.140. The van der Waals surface area contributed by atoms with Gasteiger partial charge in [0.25, 0.3) is 0 Å². The highest BCUT2D eigenvalue weighted by Crippen LogP contribution is 2.10. The predicted molar refractivity (Wildman–Crippen MR) is 136 cm³/mol. The summed E-state index contributed by atoms with van der Waals surface area (Å²) in [5.41, 5.74) is 0. The zero-order valence-corrected chi connectivity index (χ0v) is 21.9. The number of likely N-dealkylation sites (N-methyl/N-ethyl adjacent to an activating group) is 1. The molecule has 0 bridgehead atoms. The maximum absolute atomic E-state index is 11.8. The molecule has 0 aromatic heterocycles. The first kappa shape index (κ1) is 32.0. The summed E-state index contributed by atoms with van der Waals surface area (Å²) >= 11 is 0. The van der Waals surface area contributed by atoms with Crippen molar-refractivity contribution in [1.29, 1.82) is 0 Å². The van der Waals surface area contributed by atoms with Crippen LogP contribution < -0.4 is 0 Å². The molecule has 6 heteroatoms. The number of hydrogen-bond donors (Lipinski definition) is 2. The number of hydrogen-bond acceptors (Lipinski definition) is 5. The fourth-order valence-electron chi connectivity index (χ4n) is 3.76. The van der Waals surface area contributed by atoms with Crippen molar-refractivity contribution < 1.29 is 29.0 Å². The first-order valence-corrected chi connectivity index (χ1v) is 13.4. The first-order chi connectivity index (χ1) is 15.9. The van der Waals surface area contributed by atoms with Gasteiger partial charge in [-0.25, -0.2) is 0 Å². The Morgan fingerprint density at radius 3 is 2.03 bits per heavy atom. The third-order valence-electron chi connectivity index (χ3n) is 5.89. The van der Waals surface area contributed by atoms with E-state index < -0.39 is 6.10 Å². The molecule has 0 heterocycles. The van der Waals surface area contributed by atoms with Crippen LogP contribution in [0.3, 0.4) is 0 Å². The van der Waals surface area contributed by atoms with E-state index in [2.05, 4.69) is 19.1 Å². The zero-order chi connectivity index (χ0) is 24.6. The lowest BCUT2D eigenvalue weighted by molar-refractivity contribution is -0.893. The Bertz CT molecular complexity index is 467. The lowest BCUT2D eigenvalue weighted by Gasteiger charge is -2.31. The van der Waals surface area contributed by atoms with Gasteiger partial charge in [-0.15, -0.1) is 0 Å². The van der Waals surface area contributed by atoms with Crippen molar-refractivity contribution >= 4 is 5.97 Å². The molecule has 0 aliphatic rings. The third kappa shape index (κ3) is 24.0. The summed E-state index contributed by atoms with van der Waals surface area (Å²) in [6.45, 7) is 4.43. The van der Waals surface area contributed by atoms with Gasteiger partial charge in [-0.05, 0) is 32.1 Å². The van der Waals surface area contributed by atoms with Crippen molar-refractivity contribution in [3.63, 3.8) is 0 Å². The number of aliphatic hydroxyl groups is 2. The van der Waals surface area contributed by atoms with E-state index in [1.807, 2.05) is 14.1 Å². The summed E-state index contributed by atoms with van der Waals surface area (Å²) in [6.07, 6.45) is 20.7. The standard InChI is InChI=1S/C27H54NO5/c1-4-5-6-7-8-9-10-11-12-13-14-15-16-17-18-19-27(31)33-23-22-32-21-20-28(2,3)24-26(30)25-29/h11-12,26,29-30H,4-10,13-25H2,1-3H3/q+1. The fraction of sp³-hybridized carbons (Fsp3) is 0.889. The topological polar surface area (TPSA) is 76.0 Å². The van der Waals surface area contributed by atoms with Crippen LogP contribution in [-0.4, -0.2) is 80.4 Å². The maximum Gasteiger partial charge on any atom is 0.305 e. The Morgan fingerprint density at radius 1 is 0.848 bits per heavy atom. The van der Waals surface area contributed by atoms with Crippen molar-refractivity contribution in [3.8, 4) is 0 Å². The molecular weight excluding hydrogens is 418 g/mol. The molecule has 0 aliphatic carbocycles. The van der Waals surface area contributed by atoms with Gasteiger partial charge in [0.2, 0.25) is 0 Å². The Kier molecular flexibility index (Phi) is 22.2. The second-order valence-electron chi connectivity index (χ2n) is 9.85. The number of nitrogens with zero attached hydrogens (tertiary/aromatic N) is 1. The van der Waals surface area contributed by atoms with Crippen LogP contribution in [0.15, 0.2) is 12.2 Å². The highest BCUT2D eigenvalue weighted by atomic mass is 16.6. The van der Waals surface area contributed by atoms with Crippen molar-refractivity contribution in [2.45, 2.75) is 103 Å².